The fourth-order valence-electron chi connectivity index (χ4n) is 1.63. The molecule has 0 saturated carbocycles. The number of rotatable bonds is 1. The molecule has 1 aromatic heterocycles. The first-order valence-corrected chi connectivity index (χ1v) is 4.89. The van der Waals surface area contributed by atoms with E-state index in [0.29, 0.717) is 11.7 Å². The third-order valence-electron chi connectivity index (χ3n) is 2.37. The summed E-state index contributed by atoms with van der Waals surface area (Å²) in [5.74, 6) is 0.732. The smallest absolute Gasteiger partial charge is 0.149 e. The Morgan fingerprint density at radius 3 is 2.93 bits per heavy atom. The van der Waals surface area contributed by atoms with Crippen LogP contribution in [0.5, 0.6) is 0 Å². The second-order valence-electron chi connectivity index (χ2n) is 3.87. The summed E-state index contributed by atoms with van der Waals surface area (Å²) < 4.78 is 0. The Morgan fingerprint density at radius 2 is 2.36 bits per heavy atom. The Kier molecular flexibility index (Phi) is 2.33. The number of nitrogens with zero attached hydrogens (tertiary/aromatic N) is 3. The zero-order chi connectivity index (χ0) is 10.2. The number of aromatic nitrogens is 2. The average Bonchev–Trinajstić information content (AvgIpc) is 2.46. The first-order valence-electron chi connectivity index (χ1n) is 4.52. The molecule has 0 amide bonds. The van der Waals surface area contributed by atoms with Gasteiger partial charge >= 0.3 is 0 Å². The molecule has 1 aromatic rings. The zero-order valence-corrected chi connectivity index (χ0v) is 8.70. The fraction of sp³-hybridized carbons (Fsp3) is 0.556. The molecule has 1 N–H and O–H groups in total. The molecule has 76 valence electrons. The zero-order valence-electron chi connectivity index (χ0n) is 7.94. The summed E-state index contributed by atoms with van der Waals surface area (Å²) in [6.07, 6.45) is 3.91. The quantitative estimate of drug-likeness (QED) is 0.759. The third-order valence-corrected chi connectivity index (χ3v) is 2.55. The van der Waals surface area contributed by atoms with E-state index in [0.717, 1.165) is 18.8 Å². The monoisotopic (exact) mass is 213 g/mol. The van der Waals surface area contributed by atoms with E-state index in [1.165, 1.54) is 6.20 Å². The normalized spacial score (nSPS) is 26.9. The number of halogens is 1. The summed E-state index contributed by atoms with van der Waals surface area (Å²) in [4.78, 5) is 10.1. The molecule has 0 aliphatic carbocycles. The van der Waals surface area contributed by atoms with Crippen LogP contribution in [-0.4, -0.2) is 33.8 Å². The number of hydrogen-bond donors (Lipinski definition) is 1. The van der Waals surface area contributed by atoms with Crippen molar-refractivity contribution in [3.05, 3.63) is 17.5 Å². The number of anilines is 1. The van der Waals surface area contributed by atoms with Crippen LogP contribution in [0.4, 0.5) is 5.82 Å². The third kappa shape index (κ3) is 1.96. The summed E-state index contributed by atoms with van der Waals surface area (Å²) >= 11 is 5.73. The van der Waals surface area contributed by atoms with Gasteiger partial charge in [0.1, 0.15) is 11.0 Å². The van der Waals surface area contributed by atoms with Crippen LogP contribution in [0, 0.1) is 0 Å². The minimum Gasteiger partial charge on any atom is -0.388 e. The minimum atomic E-state index is -0.621. The van der Waals surface area contributed by atoms with Crippen LogP contribution < -0.4 is 4.90 Å². The van der Waals surface area contributed by atoms with Gasteiger partial charge in [-0.05, 0) is 13.3 Å². The van der Waals surface area contributed by atoms with Crippen molar-refractivity contribution in [1.29, 1.82) is 0 Å². The summed E-state index contributed by atoms with van der Waals surface area (Å²) in [6, 6.07) is 0. The minimum absolute atomic E-state index is 0.383. The number of aliphatic hydroxyl groups is 1. The van der Waals surface area contributed by atoms with Crippen molar-refractivity contribution < 1.29 is 5.11 Å². The van der Waals surface area contributed by atoms with Crippen LogP contribution in [0.25, 0.3) is 0 Å². The van der Waals surface area contributed by atoms with Gasteiger partial charge in [0.15, 0.2) is 0 Å². The molecule has 0 bridgehead atoms. The van der Waals surface area contributed by atoms with Crippen LogP contribution in [0.3, 0.4) is 0 Å². The second kappa shape index (κ2) is 3.37. The predicted octanol–water partition coefficient (Wildman–Crippen LogP) is 1.09. The van der Waals surface area contributed by atoms with Gasteiger partial charge in [-0.1, -0.05) is 11.6 Å². The van der Waals surface area contributed by atoms with Gasteiger partial charge in [0.2, 0.25) is 0 Å². The molecule has 1 aliphatic rings. The predicted molar refractivity (Wildman–Crippen MR) is 54.5 cm³/mol. The standard InChI is InChI=1S/C9H12ClN3O/c1-9(14)2-3-13(6-9)8-5-11-4-7(10)12-8/h4-5,14H,2-3,6H2,1H3. The largest absolute Gasteiger partial charge is 0.388 e. The van der Waals surface area contributed by atoms with Crippen LogP contribution >= 0.6 is 11.6 Å². The van der Waals surface area contributed by atoms with Crippen molar-refractivity contribution in [2.45, 2.75) is 18.9 Å². The lowest BCUT2D eigenvalue weighted by Gasteiger charge is -2.19. The van der Waals surface area contributed by atoms with Crippen molar-refractivity contribution in [3.63, 3.8) is 0 Å². The van der Waals surface area contributed by atoms with Crippen molar-refractivity contribution >= 4 is 17.4 Å². The first kappa shape index (κ1) is 9.68. The molecular weight excluding hydrogens is 202 g/mol. The molecule has 1 fully saturated rings. The lowest BCUT2D eigenvalue weighted by Crippen LogP contribution is -2.30. The molecule has 1 aliphatic heterocycles. The van der Waals surface area contributed by atoms with Crippen LogP contribution in [-0.2, 0) is 0 Å². The number of hydrogen-bond acceptors (Lipinski definition) is 4. The Morgan fingerprint density at radius 1 is 1.57 bits per heavy atom. The van der Waals surface area contributed by atoms with Gasteiger partial charge in [-0.15, -0.1) is 0 Å². The molecule has 1 atom stereocenters. The molecule has 4 nitrogen and oxygen atoms in total. The summed E-state index contributed by atoms with van der Waals surface area (Å²) in [5, 5.41) is 10.2. The van der Waals surface area contributed by atoms with E-state index < -0.39 is 5.60 Å². The maximum atomic E-state index is 9.77. The molecule has 0 aromatic carbocycles. The summed E-state index contributed by atoms with van der Waals surface area (Å²) in [5.41, 5.74) is -0.621. The fourth-order valence-corrected chi connectivity index (χ4v) is 1.77. The molecule has 2 heterocycles. The Bertz CT molecular complexity index is 343. The lowest BCUT2D eigenvalue weighted by atomic mass is 10.1. The molecular formula is C9H12ClN3O. The van der Waals surface area contributed by atoms with E-state index in [9.17, 15) is 5.11 Å². The maximum absolute atomic E-state index is 9.77. The second-order valence-corrected chi connectivity index (χ2v) is 4.26. The molecule has 5 heteroatoms. The van der Waals surface area contributed by atoms with Crippen molar-refractivity contribution in [2.75, 3.05) is 18.0 Å². The molecule has 14 heavy (non-hydrogen) atoms. The molecule has 0 spiro atoms. The topological polar surface area (TPSA) is 49.2 Å². The Labute approximate surface area is 87.5 Å². The SMILES string of the molecule is CC1(O)CCN(c2cncc(Cl)n2)C1. The van der Waals surface area contributed by atoms with Crippen molar-refractivity contribution in [2.24, 2.45) is 0 Å². The maximum Gasteiger partial charge on any atom is 0.149 e. The highest BCUT2D eigenvalue weighted by Crippen LogP contribution is 2.24. The van der Waals surface area contributed by atoms with Gasteiger partial charge in [-0.25, -0.2) is 4.98 Å². The van der Waals surface area contributed by atoms with Crippen LogP contribution in [0.1, 0.15) is 13.3 Å². The van der Waals surface area contributed by atoms with Crippen LogP contribution in [0.2, 0.25) is 5.15 Å². The summed E-state index contributed by atoms with van der Waals surface area (Å²) in [7, 11) is 0. The van der Waals surface area contributed by atoms with Crippen molar-refractivity contribution in [1.82, 2.24) is 9.97 Å². The number of β-amino-alcohol motifs (C(OH)–C–C–N with tert-alkyl or cyclic N) is 1. The molecule has 0 radical (unpaired) electrons. The van der Waals surface area contributed by atoms with Gasteiger partial charge in [0.25, 0.3) is 0 Å². The highest BCUT2D eigenvalue weighted by Gasteiger charge is 2.32. The van der Waals surface area contributed by atoms with E-state index in [4.69, 9.17) is 11.6 Å². The molecule has 1 unspecified atom stereocenters. The highest BCUT2D eigenvalue weighted by atomic mass is 35.5. The Hall–Kier alpha value is -0.870. The van der Waals surface area contributed by atoms with Gasteiger partial charge in [-0.2, -0.15) is 0 Å². The average molecular weight is 214 g/mol. The van der Waals surface area contributed by atoms with E-state index in [1.54, 1.807) is 6.20 Å². The lowest BCUT2D eigenvalue weighted by molar-refractivity contribution is 0.0839. The van der Waals surface area contributed by atoms with Gasteiger partial charge in [0, 0.05) is 13.1 Å². The van der Waals surface area contributed by atoms with E-state index in [2.05, 4.69) is 9.97 Å². The van der Waals surface area contributed by atoms with E-state index in [1.807, 2.05) is 11.8 Å². The van der Waals surface area contributed by atoms with Crippen molar-refractivity contribution in [3.8, 4) is 0 Å². The van der Waals surface area contributed by atoms with Crippen LogP contribution in [0.15, 0.2) is 12.4 Å². The first-order chi connectivity index (χ1) is 6.57. The van der Waals surface area contributed by atoms with Gasteiger partial charge in [0.05, 0.1) is 18.0 Å². The molecule has 2 rings (SSSR count). The van der Waals surface area contributed by atoms with Gasteiger partial charge in [-0.3, -0.25) is 4.98 Å². The van der Waals surface area contributed by atoms with Gasteiger partial charge < -0.3 is 10.0 Å². The van der Waals surface area contributed by atoms with E-state index in [-0.39, 0.29) is 0 Å². The summed E-state index contributed by atoms with van der Waals surface area (Å²) in [6.45, 7) is 3.20. The Balaban J connectivity index is 2.17. The van der Waals surface area contributed by atoms with E-state index >= 15 is 0 Å². The highest BCUT2D eigenvalue weighted by molar-refractivity contribution is 6.29. The molecule has 1 saturated heterocycles.